The van der Waals surface area contributed by atoms with Crippen molar-refractivity contribution in [2.45, 2.75) is 26.9 Å². The zero-order chi connectivity index (χ0) is 14.1. The molecule has 0 aliphatic rings. The van der Waals surface area contributed by atoms with E-state index in [1.54, 1.807) is 0 Å². The van der Waals surface area contributed by atoms with Crippen LogP contribution in [-0.4, -0.2) is 17.7 Å². The lowest BCUT2D eigenvalue weighted by atomic mass is 9.86. The Kier molecular flexibility index (Phi) is 3.94. The summed E-state index contributed by atoms with van der Waals surface area (Å²) in [5, 5.41) is 0. The van der Waals surface area contributed by atoms with Crippen LogP contribution in [0.4, 0.5) is 13.2 Å². The number of halogens is 3. The first-order valence-electron chi connectivity index (χ1n) is 5.32. The van der Waals surface area contributed by atoms with Crippen LogP contribution in [0.1, 0.15) is 31.1 Å². The number of alkyl halides is 1. The van der Waals surface area contributed by atoms with E-state index in [9.17, 15) is 22.8 Å². The van der Waals surface area contributed by atoms with Crippen molar-refractivity contribution in [1.29, 1.82) is 0 Å². The lowest BCUT2D eigenvalue weighted by Gasteiger charge is -2.18. The number of hydrogen-bond acceptors (Lipinski definition) is 2. The van der Waals surface area contributed by atoms with Crippen molar-refractivity contribution in [2.24, 2.45) is 5.41 Å². The number of ketones is 2. The van der Waals surface area contributed by atoms with Crippen molar-refractivity contribution in [1.82, 2.24) is 0 Å². The van der Waals surface area contributed by atoms with Gasteiger partial charge >= 0.3 is 0 Å². The topological polar surface area (TPSA) is 34.1 Å². The van der Waals surface area contributed by atoms with Gasteiger partial charge in [-0.2, -0.15) is 0 Å². The quantitative estimate of drug-likeness (QED) is 0.616. The van der Waals surface area contributed by atoms with E-state index in [0.717, 1.165) is 12.1 Å². The van der Waals surface area contributed by atoms with E-state index in [-0.39, 0.29) is 0 Å². The van der Waals surface area contributed by atoms with Crippen molar-refractivity contribution >= 4 is 11.6 Å². The van der Waals surface area contributed by atoms with Crippen molar-refractivity contribution in [3.63, 3.8) is 0 Å². The Hall–Kier alpha value is -1.65. The second kappa shape index (κ2) is 4.92. The highest BCUT2D eigenvalue weighted by atomic mass is 19.1. The Morgan fingerprint density at radius 1 is 1.17 bits per heavy atom. The minimum atomic E-state index is -2.48. The van der Waals surface area contributed by atoms with Gasteiger partial charge in [-0.25, -0.2) is 13.2 Å². The van der Waals surface area contributed by atoms with Gasteiger partial charge in [0.2, 0.25) is 12.0 Å². The summed E-state index contributed by atoms with van der Waals surface area (Å²) in [6.45, 7) is 4.32. The molecule has 18 heavy (non-hydrogen) atoms. The number of Topliss-reactive ketones (excluding diaryl/α,β-unsaturated/α-hetero) is 2. The molecule has 0 spiro atoms. The highest BCUT2D eigenvalue weighted by Crippen LogP contribution is 2.22. The SMILES string of the molecule is CC(C)(C)C(=O)C(F)C(=O)c1cc(F)ccc1F. The van der Waals surface area contributed by atoms with Crippen molar-refractivity contribution in [3.8, 4) is 0 Å². The molecule has 1 atom stereocenters. The molecule has 0 saturated carbocycles. The van der Waals surface area contributed by atoms with Gasteiger partial charge in [-0.15, -0.1) is 0 Å². The lowest BCUT2D eigenvalue weighted by Crippen LogP contribution is -2.35. The lowest BCUT2D eigenvalue weighted by molar-refractivity contribution is -0.129. The third-order valence-corrected chi connectivity index (χ3v) is 2.39. The molecule has 0 fully saturated rings. The molecule has 0 saturated heterocycles. The van der Waals surface area contributed by atoms with Crippen LogP contribution in [0.3, 0.4) is 0 Å². The molecule has 0 aliphatic carbocycles. The molecule has 98 valence electrons. The van der Waals surface area contributed by atoms with Gasteiger partial charge in [-0.3, -0.25) is 9.59 Å². The molecule has 1 rings (SSSR count). The van der Waals surface area contributed by atoms with Gasteiger partial charge in [0, 0.05) is 5.41 Å². The van der Waals surface area contributed by atoms with E-state index in [4.69, 9.17) is 0 Å². The maximum atomic E-state index is 13.7. The molecule has 5 heteroatoms. The zero-order valence-electron chi connectivity index (χ0n) is 10.3. The summed E-state index contributed by atoms with van der Waals surface area (Å²) >= 11 is 0. The molecule has 0 radical (unpaired) electrons. The molecule has 1 aromatic rings. The van der Waals surface area contributed by atoms with Crippen LogP contribution in [0, 0.1) is 17.0 Å². The molecule has 0 aromatic heterocycles. The smallest absolute Gasteiger partial charge is 0.221 e. The average molecular weight is 258 g/mol. The monoisotopic (exact) mass is 258 g/mol. The Bertz CT molecular complexity index is 489. The van der Waals surface area contributed by atoms with E-state index in [1.807, 2.05) is 0 Å². The summed E-state index contributed by atoms with van der Waals surface area (Å²) in [7, 11) is 0. The van der Waals surface area contributed by atoms with E-state index in [0.29, 0.717) is 6.07 Å². The summed E-state index contributed by atoms with van der Waals surface area (Å²) in [6.07, 6.45) is -2.48. The fourth-order valence-corrected chi connectivity index (χ4v) is 1.32. The second-order valence-corrected chi connectivity index (χ2v) is 4.97. The maximum Gasteiger partial charge on any atom is 0.221 e. The average Bonchev–Trinajstić information content (AvgIpc) is 2.28. The Labute approximate surface area is 103 Å². The first kappa shape index (κ1) is 14.4. The summed E-state index contributed by atoms with van der Waals surface area (Å²) < 4.78 is 39.8. The van der Waals surface area contributed by atoms with Crippen molar-refractivity contribution in [3.05, 3.63) is 35.4 Å². The molecule has 2 nitrogen and oxygen atoms in total. The fraction of sp³-hybridized carbons (Fsp3) is 0.385. The van der Waals surface area contributed by atoms with Gasteiger partial charge in [-0.05, 0) is 18.2 Å². The summed E-state index contributed by atoms with van der Waals surface area (Å²) in [5.74, 6) is -4.23. The predicted octanol–water partition coefficient (Wildman–Crippen LogP) is 3.10. The molecule has 0 aliphatic heterocycles. The van der Waals surface area contributed by atoms with Gasteiger partial charge in [0.1, 0.15) is 11.6 Å². The van der Waals surface area contributed by atoms with Crippen LogP contribution in [0.2, 0.25) is 0 Å². The fourth-order valence-electron chi connectivity index (χ4n) is 1.32. The van der Waals surface area contributed by atoms with Gasteiger partial charge < -0.3 is 0 Å². The summed E-state index contributed by atoms with van der Waals surface area (Å²) in [6, 6.07) is 2.11. The third kappa shape index (κ3) is 2.97. The highest BCUT2D eigenvalue weighted by Gasteiger charge is 2.36. The molecule has 0 heterocycles. The number of hydrogen-bond donors (Lipinski definition) is 0. The molecule has 0 bridgehead atoms. The standard InChI is InChI=1S/C13H13F3O2/c1-13(2,3)12(18)10(16)11(17)8-6-7(14)4-5-9(8)15/h4-6,10H,1-3H3. The van der Waals surface area contributed by atoms with Crippen LogP contribution in [0.25, 0.3) is 0 Å². The van der Waals surface area contributed by atoms with Crippen LogP contribution in [-0.2, 0) is 4.79 Å². The molecular formula is C13H13F3O2. The van der Waals surface area contributed by atoms with Gasteiger partial charge in [0.15, 0.2) is 5.78 Å². The first-order chi connectivity index (χ1) is 8.14. The Morgan fingerprint density at radius 3 is 2.22 bits per heavy atom. The number of carbonyl (C=O) groups excluding carboxylic acids is 2. The Balaban J connectivity index is 3.08. The van der Waals surface area contributed by atoms with E-state index >= 15 is 0 Å². The largest absolute Gasteiger partial charge is 0.295 e. The molecule has 0 N–H and O–H groups in total. The molecule has 0 amide bonds. The van der Waals surface area contributed by atoms with Gasteiger partial charge in [-0.1, -0.05) is 20.8 Å². The van der Waals surface area contributed by atoms with Crippen LogP contribution in [0.5, 0.6) is 0 Å². The summed E-state index contributed by atoms with van der Waals surface area (Å²) in [5.41, 5.74) is -1.82. The highest BCUT2D eigenvalue weighted by molar-refractivity contribution is 6.14. The number of benzene rings is 1. The van der Waals surface area contributed by atoms with Crippen molar-refractivity contribution in [2.75, 3.05) is 0 Å². The molecule has 1 unspecified atom stereocenters. The second-order valence-electron chi connectivity index (χ2n) is 4.97. The predicted molar refractivity (Wildman–Crippen MR) is 60.0 cm³/mol. The number of carbonyl (C=O) groups is 2. The third-order valence-electron chi connectivity index (χ3n) is 2.39. The van der Waals surface area contributed by atoms with E-state index < -0.39 is 40.4 Å². The van der Waals surface area contributed by atoms with E-state index in [2.05, 4.69) is 0 Å². The maximum absolute atomic E-state index is 13.7. The summed E-state index contributed by atoms with van der Waals surface area (Å²) in [4.78, 5) is 23.2. The van der Waals surface area contributed by atoms with Crippen LogP contribution < -0.4 is 0 Å². The zero-order valence-corrected chi connectivity index (χ0v) is 10.3. The van der Waals surface area contributed by atoms with E-state index in [1.165, 1.54) is 20.8 Å². The minimum absolute atomic E-state index is 0.584. The van der Waals surface area contributed by atoms with Crippen LogP contribution >= 0.6 is 0 Å². The molecular weight excluding hydrogens is 245 g/mol. The van der Waals surface area contributed by atoms with Crippen LogP contribution in [0.15, 0.2) is 18.2 Å². The van der Waals surface area contributed by atoms with Crippen molar-refractivity contribution < 1.29 is 22.8 Å². The Morgan fingerprint density at radius 2 is 1.72 bits per heavy atom. The molecule has 1 aromatic carbocycles. The van der Waals surface area contributed by atoms with Gasteiger partial charge in [0.25, 0.3) is 0 Å². The first-order valence-corrected chi connectivity index (χ1v) is 5.32. The minimum Gasteiger partial charge on any atom is -0.295 e. The van der Waals surface area contributed by atoms with Gasteiger partial charge in [0.05, 0.1) is 5.56 Å². The number of rotatable bonds is 3. The normalized spacial score (nSPS) is 13.2.